The summed E-state index contributed by atoms with van der Waals surface area (Å²) in [6.07, 6.45) is 0. The molecule has 3 rings (SSSR count). The number of hydrogen-bond acceptors (Lipinski definition) is 2. The molecule has 1 N–H and O–H groups in total. The lowest BCUT2D eigenvalue weighted by Gasteiger charge is -2.09. The molecule has 0 aliphatic carbocycles. The van der Waals surface area contributed by atoms with Crippen LogP contribution in [0.15, 0.2) is 59.1 Å². The van der Waals surface area contributed by atoms with Crippen molar-refractivity contribution in [2.24, 2.45) is 0 Å². The first-order chi connectivity index (χ1) is 10.1. The number of fused-ring (bicyclic) bond motifs is 1. The van der Waals surface area contributed by atoms with Crippen LogP contribution in [0.3, 0.4) is 0 Å². The summed E-state index contributed by atoms with van der Waals surface area (Å²) in [6.45, 7) is 0.267. The molecule has 3 aromatic rings. The highest BCUT2D eigenvalue weighted by Gasteiger charge is 2.06. The molecule has 4 heteroatoms. The highest BCUT2D eigenvalue weighted by atomic mass is 79.9. The number of hydrogen-bond donors (Lipinski definition) is 1. The second kappa shape index (κ2) is 5.74. The van der Waals surface area contributed by atoms with Crippen LogP contribution in [0.4, 0.5) is 4.39 Å². The Balaban J connectivity index is 1.83. The summed E-state index contributed by atoms with van der Waals surface area (Å²) in [5, 5.41) is 11.4. The van der Waals surface area contributed by atoms with E-state index in [9.17, 15) is 9.50 Å². The minimum atomic E-state index is -0.306. The second-order valence-electron chi connectivity index (χ2n) is 4.69. The molecule has 0 aliphatic heterocycles. The van der Waals surface area contributed by atoms with Crippen molar-refractivity contribution in [2.45, 2.75) is 6.61 Å². The largest absolute Gasteiger partial charge is 0.508 e. The molecule has 0 aromatic heterocycles. The van der Waals surface area contributed by atoms with Crippen LogP contribution in [0.1, 0.15) is 5.56 Å². The van der Waals surface area contributed by atoms with Crippen molar-refractivity contribution < 1.29 is 14.2 Å². The van der Waals surface area contributed by atoms with Crippen molar-refractivity contribution in [1.82, 2.24) is 0 Å². The van der Waals surface area contributed by atoms with Crippen LogP contribution < -0.4 is 4.74 Å². The fraction of sp³-hybridized carbons (Fsp3) is 0.0588. The van der Waals surface area contributed by atoms with E-state index < -0.39 is 0 Å². The van der Waals surface area contributed by atoms with Crippen LogP contribution in [0.25, 0.3) is 10.8 Å². The number of aromatic hydroxyl groups is 1. The van der Waals surface area contributed by atoms with Gasteiger partial charge in [0.2, 0.25) is 0 Å². The minimum Gasteiger partial charge on any atom is -0.508 e. The van der Waals surface area contributed by atoms with Crippen molar-refractivity contribution >= 4 is 26.7 Å². The molecule has 3 aromatic carbocycles. The molecule has 0 radical (unpaired) electrons. The standard InChI is InChI=1S/C17H12BrFO2/c18-17-12(2-1-3-16(17)19)10-21-15-7-5-11-4-6-14(20)8-13(11)9-15/h1-9,20H,10H2. The monoisotopic (exact) mass is 346 g/mol. The molecule has 0 fully saturated rings. The van der Waals surface area contributed by atoms with Crippen LogP contribution in [0.5, 0.6) is 11.5 Å². The second-order valence-corrected chi connectivity index (χ2v) is 5.49. The van der Waals surface area contributed by atoms with Gasteiger partial charge in [-0.05, 0) is 57.0 Å². The fourth-order valence-corrected chi connectivity index (χ4v) is 2.50. The fourth-order valence-electron chi connectivity index (χ4n) is 2.12. The van der Waals surface area contributed by atoms with E-state index in [2.05, 4.69) is 15.9 Å². The van der Waals surface area contributed by atoms with E-state index >= 15 is 0 Å². The zero-order valence-electron chi connectivity index (χ0n) is 11.0. The lowest BCUT2D eigenvalue weighted by Crippen LogP contribution is -1.97. The van der Waals surface area contributed by atoms with Gasteiger partial charge in [-0.3, -0.25) is 0 Å². The maximum absolute atomic E-state index is 13.4. The third-order valence-electron chi connectivity index (χ3n) is 3.22. The summed E-state index contributed by atoms with van der Waals surface area (Å²) in [5.74, 6) is 0.580. The van der Waals surface area contributed by atoms with E-state index in [1.165, 1.54) is 6.07 Å². The maximum atomic E-state index is 13.4. The van der Waals surface area contributed by atoms with Gasteiger partial charge in [0.25, 0.3) is 0 Å². The van der Waals surface area contributed by atoms with Gasteiger partial charge in [0.05, 0.1) is 4.47 Å². The summed E-state index contributed by atoms with van der Waals surface area (Å²) in [5.41, 5.74) is 0.742. The summed E-state index contributed by atoms with van der Waals surface area (Å²) in [6, 6.07) is 15.6. The zero-order valence-corrected chi connectivity index (χ0v) is 12.6. The number of phenolic OH excluding ortho intramolecular Hbond substituents is 1. The van der Waals surface area contributed by atoms with Crippen LogP contribution in [-0.4, -0.2) is 5.11 Å². The van der Waals surface area contributed by atoms with Crippen LogP contribution in [0, 0.1) is 5.82 Å². The molecular formula is C17H12BrFO2. The SMILES string of the molecule is Oc1ccc2ccc(OCc3cccc(F)c3Br)cc2c1. The smallest absolute Gasteiger partial charge is 0.137 e. The summed E-state index contributed by atoms with van der Waals surface area (Å²) >= 11 is 3.21. The molecule has 0 amide bonds. The molecule has 0 saturated heterocycles. The third kappa shape index (κ3) is 3.00. The van der Waals surface area contributed by atoms with Crippen molar-refractivity contribution in [1.29, 1.82) is 0 Å². The first-order valence-corrected chi connectivity index (χ1v) is 7.21. The highest BCUT2D eigenvalue weighted by Crippen LogP contribution is 2.26. The summed E-state index contributed by atoms with van der Waals surface area (Å²) < 4.78 is 19.5. The molecule has 106 valence electrons. The Morgan fingerprint density at radius 1 is 1.00 bits per heavy atom. The number of rotatable bonds is 3. The van der Waals surface area contributed by atoms with Gasteiger partial charge in [0.15, 0.2) is 0 Å². The predicted octanol–water partition coefficient (Wildman–Crippen LogP) is 5.03. The molecule has 0 heterocycles. The average molecular weight is 347 g/mol. The molecule has 0 saturated carbocycles. The number of ether oxygens (including phenoxy) is 1. The minimum absolute atomic E-state index is 0.215. The Hall–Kier alpha value is -2.07. The predicted molar refractivity (Wildman–Crippen MR) is 84.0 cm³/mol. The van der Waals surface area contributed by atoms with Gasteiger partial charge in [-0.2, -0.15) is 0 Å². The molecule has 0 aliphatic rings. The molecule has 2 nitrogen and oxygen atoms in total. The van der Waals surface area contributed by atoms with Crippen LogP contribution in [-0.2, 0) is 6.61 Å². The lowest BCUT2D eigenvalue weighted by molar-refractivity contribution is 0.305. The number of phenols is 1. The molecule has 0 unspecified atom stereocenters. The van der Waals surface area contributed by atoms with Crippen molar-refractivity contribution in [3.63, 3.8) is 0 Å². The summed E-state index contributed by atoms with van der Waals surface area (Å²) in [7, 11) is 0. The van der Waals surface area contributed by atoms with E-state index in [1.807, 2.05) is 24.3 Å². The molecule has 0 spiro atoms. The van der Waals surface area contributed by atoms with E-state index in [-0.39, 0.29) is 18.2 Å². The third-order valence-corrected chi connectivity index (χ3v) is 4.11. The van der Waals surface area contributed by atoms with E-state index in [0.717, 1.165) is 16.3 Å². The summed E-state index contributed by atoms with van der Waals surface area (Å²) in [4.78, 5) is 0. The van der Waals surface area contributed by atoms with Crippen molar-refractivity contribution in [3.8, 4) is 11.5 Å². The molecular weight excluding hydrogens is 335 g/mol. The number of halogens is 2. The normalized spacial score (nSPS) is 10.8. The zero-order chi connectivity index (χ0) is 14.8. The Morgan fingerprint density at radius 3 is 2.67 bits per heavy atom. The topological polar surface area (TPSA) is 29.5 Å². The van der Waals surface area contributed by atoms with Crippen LogP contribution in [0.2, 0.25) is 0 Å². The van der Waals surface area contributed by atoms with Gasteiger partial charge in [0, 0.05) is 5.56 Å². The molecule has 21 heavy (non-hydrogen) atoms. The van der Waals surface area contributed by atoms with Crippen molar-refractivity contribution in [3.05, 3.63) is 70.5 Å². The van der Waals surface area contributed by atoms with E-state index in [0.29, 0.717) is 10.2 Å². The van der Waals surface area contributed by atoms with Gasteiger partial charge < -0.3 is 9.84 Å². The maximum Gasteiger partial charge on any atom is 0.137 e. The Morgan fingerprint density at radius 2 is 1.81 bits per heavy atom. The van der Waals surface area contributed by atoms with Gasteiger partial charge in [-0.15, -0.1) is 0 Å². The Bertz CT molecular complexity index is 802. The lowest BCUT2D eigenvalue weighted by atomic mass is 10.1. The highest BCUT2D eigenvalue weighted by molar-refractivity contribution is 9.10. The molecule has 0 bridgehead atoms. The van der Waals surface area contributed by atoms with E-state index in [4.69, 9.17) is 4.74 Å². The first kappa shape index (κ1) is 13.9. The van der Waals surface area contributed by atoms with Gasteiger partial charge in [-0.25, -0.2) is 4.39 Å². The van der Waals surface area contributed by atoms with Gasteiger partial charge in [-0.1, -0.05) is 24.3 Å². The Kier molecular flexibility index (Phi) is 3.80. The van der Waals surface area contributed by atoms with Gasteiger partial charge >= 0.3 is 0 Å². The van der Waals surface area contributed by atoms with Crippen molar-refractivity contribution in [2.75, 3.05) is 0 Å². The van der Waals surface area contributed by atoms with E-state index in [1.54, 1.807) is 24.3 Å². The molecule has 0 atom stereocenters. The average Bonchev–Trinajstić information content (AvgIpc) is 2.48. The van der Waals surface area contributed by atoms with Gasteiger partial charge in [0.1, 0.15) is 23.9 Å². The van der Waals surface area contributed by atoms with Crippen LogP contribution >= 0.6 is 15.9 Å². The number of benzene rings is 3. The quantitative estimate of drug-likeness (QED) is 0.720. The Labute approximate surface area is 129 Å². The first-order valence-electron chi connectivity index (χ1n) is 6.42.